The molecule has 0 aliphatic carbocycles. The maximum atomic E-state index is 12.7. The fourth-order valence-electron chi connectivity index (χ4n) is 2.74. The zero-order chi connectivity index (χ0) is 17.5. The van der Waals surface area contributed by atoms with Gasteiger partial charge in [-0.25, -0.2) is 0 Å². The molecule has 6 heteroatoms. The van der Waals surface area contributed by atoms with Crippen molar-refractivity contribution in [2.45, 2.75) is 25.5 Å². The Bertz CT molecular complexity index is 716. The van der Waals surface area contributed by atoms with Crippen molar-refractivity contribution in [2.24, 2.45) is 0 Å². The summed E-state index contributed by atoms with van der Waals surface area (Å²) in [7, 11) is 0. The molecule has 1 aliphatic rings. The maximum Gasteiger partial charge on any atom is 0.260 e. The van der Waals surface area contributed by atoms with Gasteiger partial charge in [0, 0.05) is 18.0 Å². The summed E-state index contributed by atoms with van der Waals surface area (Å²) in [6.45, 7) is 1.91. The van der Waals surface area contributed by atoms with Gasteiger partial charge in [-0.15, -0.1) is 11.3 Å². The highest BCUT2D eigenvalue weighted by atomic mass is 32.1. The van der Waals surface area contributed by atoms with Crippen LogP contribution in [-0.4, -0.2) is 36.7 Å². The van der Waals surface area contributed by atoms with Gasteiger partial charge in [-0.2, -0.15) is 5.26 Å². The monoisotopic (exact) mass is 356 g/mol. The molecule has 1 unspecified atom stereocenters. The van der Waals surface area contributed by atoms with Crippen LogP contribution in [0.15, 0.2) is 41.8 Å². The highest BCUT2D eigenvalue weighted by molar-refractivity contribution is 7.09. The van der Waals surface area contributed by atoms with Crippen LogP contribution in [0.2, 0.25) is 0 Å². The molecule has 5 nitrogen and oxygen atoms in total. The number of ether oxygens (including phenoxy) is 2. The number of hydrogen-bond acceptors (Lipinski definition) is 5. The molecule has 1 amide bonds. The second kappa shape index (κ2) is 8.65. The lowest BCUT2D eigenvalue weighted by molar-refractivity contribution is -0.135. The average Bonchev–Trinajstić information content (AvgIpc) is 3.33. The summed E-state index contributed by atoms with van der Waals surface area (Å²) in [5.74, 6) is 0.522. The number of thiophene rings is 1. The molecule has 0 N–H and O–H groups in total. The predicted octanol–water partition coefficient (Wildman–Crippen LogP) is 3.21. The van der Waals surface area contributed by atoms with Crippen molar-refractivity contribution in [2.75, 3.05) is 19.8 Å². The van der Waals surface area contributed by atoms with Crippen molar-refractivity contribution in [1.82, 2.24) is 4.90 Å². The fourth-order valence-corrected chi connectivity index (χ4v) is 3.46. The molecule has 0 saturated carbocycles. The Balaban J connectivity index is 1.59. The zero-order valence-electron chi connectivity index (χ0n) is 13.9. The van der Waals surface area contributed by atoms with Crippen LogP contribution in [0.3, 0.4) is 0 Å². The number of amides is 1. The summed E-state index contributed by atoms with van der Waals surface area (Å²) in [5, 5.41) is 10.8. The van der Waals surface area contributed by atoms with Gasteiger partial charge in [0.25, 0.3) is 5.91 Å². The minimum Gasteiger partial charge on any atom is -0.484 e. The van der Waals surface area contributed by atoms with Crippen LogP contribution in [0, 0.1) is 11.3 Å². The van der Waals surface area contributed by atoms with Crippen LogP contribution in [0.1, 0.15) is 23.3 Å². The Morgan fingerprint density at radius 1 is 1.36 bits per heavy atom. The zero-order valence-corrected chi connectivity index (χ0v) is 14.7. The van der Waals surface area contributed by atoms with Crippen molar-refractivity contribution < 1.29 is 14.3 Å². The van der Waals surface area contributed by atoms with Crippen LogP contribution in [0.25, 0.3) is 0 Å². The standard InChI is InChI=1S/C19H20N2O3S/c20-11-15-5-7-16(8-6-15)24-14-19(22)21(12-17-3-1-9-23-17)13-18-4-2-10-25-18/h2,4-8,10,17H,1,3,9,12-14H2. The van der Waals surface area contributed by atoms with E-state index >= 15 is 0 Å². The number of rotatable bonds is 7. The van der Waals surface area contributed by atoms with E-state index in [4.69, 9.17) is 14.7 Å². The molecule has 0 spiro atoms. The smallest absolute Gasteiger partial charge is 0.260 e. The number of nitriles is 1. The first-order chi connectivity index (χ1) is 12.2. The van der Waals surface area contributed by atoms with Crippen LogP contribution in [-0.2, 0) is 16.1 Å². The number of hydrogen-bond donors (Lipinski definition) is 0. The minimum absolute atomic E-state index is 0.0238. The molecule has 1 atom stereocenters. The maximum absolute atomic E-state index is 12.7. The van der Waals surface area contributed by atoms with Crippen LogP contribution in [0.4, 0.5) is 0 Å². The first-order valence-electron chi connectivity index (χ1n) is 8.29. The molecule has 130 valence electrons. The number of benzene rings is 1. The third-order valence-corrected chi connectivity index (χ3v) is 4.93. The summed E-state index contributed by atoms with van der Waals surface area (Å²) in [6.07, 6.45) is 2.15. The van der Waals surface area contributed by atoms with Gasteiger partial charge in [-0.05, 0) is 48.6 Å². The Hall–Kier alpha value is -2.36. The largest absolute Gasteiger partial charge is 0.484 e. The average molecular weight is 356 g/mol. The normalized spacial score (nSPS) is 16.4. The first-order valence-corrected chi connectivity index (χ1v) is 9.17. The Kier molecular flexibility index (Phi) is 6.04. The molecule has 1 aromatic carbocycles. The molecule has 1 fully saturated rings. The molecule has 2 heterocycles. The van der Waals surface area contributed by atoms with Crippen LogP contribution >= 0.6 is 11.3 Å². The van der Waals surface area contributed by atoms with E-state index in [9.17, 15) is 4.79 Å². The van der Waals surface area contributed by atoms with Gasteiger partial charge in [-0.1, -0.05) is 6.07 Å². The summed E-state index contributed by atoms with van der Waals surface area (Å²) in [6, 6.07) is 12.8. The number of nitrogens with zero attached hydrogens (tertiary/aromatic N) is 2. The van der Waals surface area contributed by atoms with Gasteiger partial charge >= 0.3 is 0 Å². The molecular formula is C19H20N2O3S. The van der Waals surface area contributed by atoms with E-state index in [1.54, 1.807) is 35.6 Å². The molecule has 0 radical (unpaired) electrons. The highest BCUT2D eigenvalue weighted by Gasteiger charge is 2.23. The fraction of sp³-hybridized carbons (Fsp3) is 0.368. The van der Waals surface area contributed by atoms with Crippen LogP contribution < -0.4 is 4.74 Å². The van der Waals surface area contributed by atoms with Gasteiger partial charge in [0.2, 0.25) is 0 Å². The molecule has 25 heavy (non-hydrogen) atoms. The lowest BCUT2D eigenvalue weighted by Crippen LogP contribution is -2.39. The van der Waals surface area contributed by atoms with E-state index < -0.39 is 0 Å². The SMILES string of the molecule is N#Cc1ccc(OCC(=O)N(Cc2cccs2)CC2CCCO2)cc1. The molecule has 0 bridgehead atoms. The number of carbonyl (C=O) groups excluding carboxylic acids is 1. The van der Waals surface area contributed by atoms with Crippen molar-refractivity contribution in [3.8, 4) is 11.8 Å². The highest BCUT2D eigenvalue weighted by Crippen LogP contribution is 2.18. The quantitative estimate of drug-likeness (QED) is 0.764. The van der Waals surface area contributed by atoms with E-state index in [1.165, 1.54) is 0 Å². The van der Waals surface area contributed by atoms with Gasteiger partial charge in [0.1, 0.15) is 5.75 Å². The molecular weight excluding hydrogens is 336 g/mol. The molecule has 1 aromatic heterocycles. The summed E-state index contributed by atoms with van der Waals surface area (Å²) in [4.78, 5) is 15.6. The molecule has 2 aromatic rings. The Labute approximate surface area is 151 Å². The lowest BCUT2D eigenvalue weighted by atomic mass is 10.2. The van der Waals surface area contributed by atoms with E-state index in [0.29, 0.717) is 24.4 Å². The summed E-state index contributed by atoms with van der Waals surface area (Å²) < 4.78 is 11.3. The number of carbonyl (C=O) groups is 1. The summed E-state index contributed by atoms with van der Waals surface area (Å²) in [5.41, 5.74) is 0.566. The predicted molar refractivity (Wildman–Crippen MR) is 95.4 cm³/mol. The van der Waals surface area contributed by atoms with E-state index in [-0.39, 0.29) is 18.6 Å². The summed E-state index contributed by atoms with van der Waals surface area (Å²) >= 11 is 1.64. The third kappa shape index (κ3) is 5.05. The second-order valence-electron chi connectivity index (χ2n) is 5.91. The van der Waals surface area contributed by atoms with Gasteiger partial charge in [-0.3, -0.25) is 4.79 Å². The van der Waals surface area contributed by atoms with Crippen molar-refractivity contribution in [3.05, 3.63) is 52.2 Å². The van der Waals surface area contributed by atoms with Gasteiger partial charge in [0.15, 0.2) is 6.61 Å². The molecule has 1 aliphatic heterocycles. The van der Waals surface area contributed by atoms with Crippen molar-refractivity contribution >= 4 is 17.2 Å². The van der Waals surface area contributed by atoms with Crippen molar-refractivity contribution in [1.29, 1.82) is 5.26 Å². The van der Waals surface area contributed by atoms with Crippen molar-refractivity contribution in [3.63, 3.8) is 0 Å². The Morgan fingerprint density at radius 2 is 2.20 bits per heavy atom. The minimum atomic E-state index is -0.0618. The van der Waals surface area contributed by atoms with Gasteiger partial charge < -0.3 is 14.4 Å². The third-order valence-electron chi connectivity index (χ3n) is 4.07. The molecule has 3 rings (SSSR count). The lowest BCUT2D eigenvalue weighted by Gasteiger charge is -2.25. The Morgan fingerprint density at radius 3 is 2.84 bits per heavy atom. The molecule has 1 saturated heterocycles. The van der Waals surface area contributed by atoms with Gasteiger partial charge in [0.05, 0.1) is 24.3 Å². The van der Waals surface area contributed by atoms with Crippen LogP contribution in [0.5, 0.6) is 5.75 Å². The first kappa shape index (κ1) is 17.5. The van der Waals surface area contributed by atoms with E-state index in [1.807, 2.05) is 22.4 Å². The topological polar surface area (TPSA) is 62.6 Å². The van der Waals surface area contributed by atoms with E-state index in [2.05, 4.69) is 6.07 Å². The second-order valence-corrected chi connectivity index (χ2v) is 6.95. The van der Waals surface area contributed by atoms with E-state index in [0.717, 1.165) is 24.3 Å².